The number of aromatic nitrogens is 6. The third kappa shape index (κ3) is 9.05. The predicted octanol–water partition coefficient (Wildman–Crippen LogP) is 6.24. The Labute approximate surface area is 382 Å². The highest BCUT2D eigenvalue weighted by atomic mass is 19.1. The molecule has 346 valence electrons. The second-order valence-electron chi connectivity index (χ2n) is 19.3. The lowest BCUT2D eigenvalue weighted by atomic mass is 9.75. The minimum Gasteiger partial charge on any atom is -0.373 e. The van der Waals surface area contributed by atoms with Crippen LogP contribution in [0.25, 0.3) is 28.0 Å². The summed E-state index contributed by atoms with van der Waals surface area (Å²) < 4.78 is 34.5. The molecule has 0 radical (unpaired) electrons. The topological polar surface area (TPSA) is 182 Å². The van der Waals surface area contributed by atoms with Crippen LogP contribution in [0.3, 0.4) is 0 Å². The Morgan fingerprint density at radius 1 is 0.894 bits per heavy atom. The lowest BCUT2D eigenvalue weighted by Crippen LogP contribution is -2.53. The van der Waals surface area contributed by atoms with E-state index >= 15 is 8.78 Å². The quantitative estimate of drug-likeness (QED) is 0.135. The van der Waals surface area contributed by atoms with E-state index in [1.165, 1.54) is 12.1 Å². The SMILES string of the molecule is CCC1(C(=O)NC(C)(C)C)CCN(c2ccc(-c3nc(-c4cnn([C@H]5CC[C@H](N6CCN(c7c(F)cc(NC8CCC(=O)NC8=O)cc7F)CC6)CC5)c4)cn4ncc(C#N)c34)cn2)CC1. The number of hydrogen-bond donors (Lipinski definition) is 3. The van der Waals surface area contributed by atoms with Gasteiger partial charge in [-0.1, -0.05) is 6.92 Å². The van der Waals surface area contributed by atoms with Crippen LogP contribution >= 0.6 is 0 Å². The van der Waals surface area contributed by atoms with Crippen LogP contribution in [0, 0.1) is 28.4 Å². The zero-order chi connectivity index (χ0) is 46.3. The number of nitriles is 1. The molecule has 0 bridgehead atoms. The van der Waals surface area contributed by atoms with Crippen LogP contribution in [0.2, 0.25) is 0 Å². The first-order valence-corrected chi connectivity index (χ1v) is 23.2. The number of hydrogen-bond acceptors (Lipinski definition) is 12. The molecular weight excluding hydrogens is 845 g/mol. The number of rotatable bonds is 10. The fourth-order valence-corrected chi connectivity index (χ4v) is 10.2. The number of pyridine rings is 1. The van der Waals surface area contributed by atoms with Gasteiger partial charge >= 0.3 is 0 Å². The molecular formula is C48H57F2N13O3. The Morgan fingerprint density at radius 3 is 2.24 bits per heavy atom. The fraction of sp³-hybridized carbons (Fsp3) is 0.500. The summed E-state index contributed by atoms with van der Waals surface area (Å²) in [7, 11) is 0. The predicted molar refractivity (Wildman–Crippen MR) is 245 cm³/mol. The Bertz CT molecular complexity index is 2640. The summed E-state index contributed by atoms with van der Waals surface area (Å²) in [6.45, 7) is 11.9. The molecule has 4 aromatic heterocycles. The van der Waals surface area contributed by atoms with Crippen molar-refractivity contribution in [2.45, 2.75) is 109 Å². The van der Waals surface area contributed by atoms with Gasteiger partial charge in [0.05, 0.1) is 41.4 Å². The molecule has 1 aliphatic carbocycles. The van der Waals surface area contributed by atoms with E-state index in [0.29, 0.717) is 54.7 Å². The van der Waals surface area contributed by atoms with Gasteiger partial charge in [-0.15, -0.1) is 0 Å². The van der Waals surface area contributed by atoms with E-state index in [0.717, 1.165) is 75.0 Å². The number of carbonyl (C=O) groups is 3. The Kier molecular flexibility index (Phi) is 12.2. The van der Waals surface area contributed by atoms with E-state index in [9.17, 15) is 19.6 Å². The number of halogens is 2. The highest BCUT2D eigenvalue weighted by Crippen LogP contribution is 2.38. The standard InChI is InChI=1S/C48H57F2N13O3/c1-5-48(46(66)58-47(2,3)4)14-16-60(17-15-48)40-12-6-30(25-52-40)42-43-31(24-51)26-54-63(43)29-39(56-42)32-27-53-62(28-32)35-9-7-34(8-10-35)59-18-20-61(21-19-59)44-36(49)22-33(23-37(44)50)55-38-11-13-41(64)57-45(38)65/h6,12,22-23,25-29,34-35,38,55H,5,7-11,13-21H2,1-4H3,(H,58,66)(H,57,64,65)/t34-,35-,38?. The molecule has 3 saturated heterocycles. The van der Waals surface area contributed by atoms with Gasteiger partial charge in [0.1, 0.15) is 34.7 Å². The fourth-order valence-electron chi connectivity index (χ4n) is 10.2. The maximum absolute atomic E-state index is 15.4. The summed E-state index contributed by atoms with van der Waals surface area (Å²) in [6, 6.07) is 8.48. The van der Waals surface area contributed by atoms with Crippen LogP contribution in [-0.4, -0.2) is 109 Å². The summed E-state index contributed by atoms with van der Waals surface area (Å²) >= 11 is 0. The molecule has 1 atom stereocenters. The average Bonchev–Trinajstić information content (AvgIpc) is 3.98. The molecule has 3 N–H and O–H groups in total. The number of imide groups is 1. The minimum atomic E-state index is -0.733. The molecule has 16 nitrogen and oxygen atoms in total. The molecule has 3 aliphatic heterocycles. The molecule has 7 heterocycles. The molecule has 5 aromatic rings. The van der Waals surface area contributed by atoms with Gasteiger partial charge in [-0.05, 0) is 96.4 Å². The number of carbonyl (C=O) groups excluding carboxylic acids is 3. The van der Waals surface area contributed by atoms with Crippen molar-refractivity contribution in [1.29, 1.82) is 5.26 Å². The van der Waals surface area contributed by atoms with Crippen molar-refractivity contribution in [1.82, 2.24) is 44.9 Å². The first kappa shape index (κ1) is 44.7. The number of anilines is 3. The summed E-state index contributed by atoms with van der Waals surface area (Å²) in [5.74, 6) is -1.29. The van der Waals surface area contributed by atoms with Crippen molar-refractivity contribution in [2.75, 3.05) is 54.4 Å². The van der Waals surface area contributed by atoms with Crippen molar-refractivity contribution in [3.63, 3.8) is 0 Å². The van der Waals surface area contributed by atoms with Gasteiger partial charge in [-0.2, -0.15) is 15.5 Å². The molecule has 66 heavy (non-hydrogen) atoms. The van der Waals surface area contributed by atoms with E-state index in [1.807, 2.05) is 56.2 Å². The van der Waals surface area contributed by atoms with Crippen LogP contribution in [0.1, 0.15) is 97.1 Å². The van der Waals surface area contributed by atoms with E-state index in [-0.39, 0.29) is 47.6 Å². The summed E-state index contributed by atoms with van der Waals surface area (Å²) in [6.07, 6.45) is 15.5. The second-order valence-corrected chi connectivity index (χ2v) is 19.3. The molecule has 1 unspecified atom stereocenters. The van der Waals surface area contributed by atoms with Crippen LogP contribution in [-0.2, 0) is 14.4 Å². The number of nitrogens with one attached hydrogen (secondary N) is 3. The molecule has 1 saturated carbocycles. The van der Waals surface area contributed by atoms with Gasteiger partial charge in [0, 0.05) is 86.5 Å². The van der Waals surface area contributed by atoms with Gasteiger partial charge in [0.15, 0.2) is 11.6 Å². The van der Waals surface area contributed by atoms with Crippen LogP contribution in [0.4, 0.5) is 26.0 Å². The van der Waals surface area contributed by atoms with Gasteiger partial charge in [-0.25, -0.2) is 23.3 Å². The van der Waals surface area contributed by atoms with E-state index in [2.05, 4.69) is 43.8 Å². The average molecular weight is 902 g/mol. The smallest absolute Gasteiger partial charge is 0.249 e. The molecule has 1 aromatic carbocycles. The largest absolute Gasteiger partial charge is 0.373 e. The summed E-state index contributed by atoms with van der Waals surface area (Å²) in [4.78, 5) is 53.3. The number of amides is 3. The monoisotopic (exact) mass is 901 g/mol. The van der Waals surface area contributed by atoms with Crippen LogP contribution < -0.4 is 25.8 Å². The van der Waals surface area contributed by atoms with E-state index in [1.54, 1.807) is 21.8 Å². The van der Waals surface area contributed by atoms with Gasteiger partial charge in [0.2, 0.25) is 17.7 Å². The number of nitrogens with zero attached hydrogens (tertiary/aromatic N) is 10. The molecule has 9 rings (SSSR count). The highest BCUT2D eigenvalue weighted by Gasteiger charge is 2.41. The van der Waals surface area contributed by atoms with Crippen LogP contribution in [0.5, 0.6) is 0 Å². The maximum Gasteiger partial charge on any atom is 0.249 e. The van der Waals surface area contributed by atoms with Crippen molar-refractivity contribution in [3.8, 4) is 28.6 Å². The Morgan fingerprint density at radius 2 is 1.61 bits per heavy atom. The zero-order valence-corrected chi connectivity index (χ0v) is 38.0. The van der Waals surface area contributed by atoms with Crippen LogP contribution in [0.15, 0.2) is 55.2 Å². The van der Waals surface area contributed by atoms with E-state index < -0.39 is 29.0 Å². The van der Waals surface area contributed by atoms with Gasteiger partial charge < -0.3 is 20.4 Å². The van der Waals surface area contributed by atoms with Gasteiger partial charge in [-0.3, -0.25) is 29.3 Å². The first-order valence-electron chi connectivity index (χ1n) is 23.2. The molecule has 4 aliphatic rings. The molecule has 0 spiro atoms. The van der Waals surface area contributed by atoms with Gasteiger partial charge in [0.25, 0.3) is 0 Å². The lowest BCUT2D eigenvalue weighted by molar-refractivity contribution is -0.135. The third-order valence-electron chi connectivity index (χ3n) is 14.0. The normalized spacial score (nSPS) is 21.7. The third-order valence-corrected chi connectivity index (χ3v) is 14.0. The van der Waals surface area contributed by atoms with Crippen molar-refractivity contribution in [3.05, 3.63) is 72.4 Å². The highest BCUT2D eigenvalue weighted by molar-refractivity contribution is 6.01. The zero-order valence-electron chi connectivity index (χ0n) is 38.0. The summed E-state index contributed by atoms with van der Waals surface area (Å²) in [5.41, 5.74) is 3.28. The second kappa shape index (κ2) is 18.1. The maximum atomic E-state index is 15.4. The Balaban J connectivity index is 0.821. The van der Waals surface area contributed by atoms with Crippen molar-refractivity contribution >= 4 is 40.4 Å². The van der Waals surface area contributed by atoms with Crippen molar-refractivity contribution in [2.24, 2.45) is 5.41 Å². The number of benzene rings is 1. The number of piperidine rings is 2. The minimum absolute atomic E-state index is 0.0632. The molecule has 18 heteroatoms. The molecule has 3 amide bonds. The number of piperazine rings is 1. The first-order chi connectivity index (χ1) is 31.7. The van der Waals surface area contributed by atoms with E-state index in [4.69, 9.17) is 15.1 Å². The summed E-state index contributed by atoms with van der Waals surface area (Å²) in [5, 5.41) is 27.6. The Hall–Kier alpha value is -6.48. The number of fused-ring (bicyclic) bond motifs is 1. The lowest BCUT2D eigenvalue weighted by Gasteiger charge is -2.42. The molecule has 4 fully saturated rings. The van der Waals surface area contributed by atoms with Crippen molar-refractivity contribution < 1.29 is 23.2 Å².